The fourth-order valence-electron chi connectivity index (χ4n) is 9.34. The van der Waals surface area contributed by atoms with Crippen molar-refractivity contribution >= 4 is 59.2 Å². The third-order valence-corrected chi connectivity index (χ3v) is 13.0. The highest BCUT2D eigenvalue weighted by Gasteiger charge is 2.58. The van der Waals surface area contributed by atoms with Crippen molar-refractivity contribution in [3.05, 3.63) is 119 Å². The Kier molecular flexibility index (Phi) is 11.2. The maximum atomic E-state index is 11.8. The van der Waals surface area contributed by atoms with Crippen LogP contribution in [0.5, 0.6) is 0 Å². The molecule has 3 saturated heterocycles. The van der Waals surface area contributed by atoms with Crippen LogP contribution in [0.3, 0.4) is 0 Å². The minimum atomic E-state index is -0.788. The topological polar surface area (TPSA) is 166 Å². The molecule has 0 bridgehead atoms. The number of aromatic amines is 2. The first kappa shape index (κ1) is 40.6. The standard InChI is InChI=1S/C48H56N14O/c1-32-25-44(57-55-32)51-42-28-46(61-23-21-60(22-24-61)37-17-19-59(3)20-18-37)53-40(49-42)16-12-35-9-13-36(14-10-35)38-27-39(38)48(63)30-62(31-48)47-29-43(52-45-26-33(2)56-58-45)50-41(54-47)15-11-34-7-5-4-6-8-34/h4-16,25-26,28-29,37-39,63H,17-24,27,30-31H2,1-3H3,(H2,49,51,53,55,57)(H2,50,52,54,56,58)/b15-11+,16-12+. The van der Waals surface area contributed by atoms with Gasteiger partial charge >= 0.3 is 0 Å². The molecule has 7 heterocycles. The maximum absolute atomic E-state index is 11.8. The molecular weight excluding hydrogens is 789 g/mol. The quantitative estimate of drug-likeness (QED) is 0.0832. The van der Waals surface area contributed by atoms with Gasteiger partial charge in [-0.15, -0.1) is 0 Å². The average Bonchev–Trinajstić information content (AvgIpc) is 3.84. The smallest absolute Gasteiger partial charge is 0.156 e. The molecule has 63 heavy (non-hydrogen) atoms. The second-order valence-electron chi connectivity index (χ2n) is 17.8. The Morgan fingerprint density at radius 1 is 0.635 bits per heavy atom. The van der Waals surface area contributed by atoms with Crippen molar-refractivity contribution in [2.75, 3.05) is 79.8 Å². The third kappa shape index (κ3) is 9.50. The number of β-amino-alcohol motifs (C(OH)–C–C–N with tert-alkyl or cyclic N) is 1. The average molecular weight is 845 g/mol. The minimum Gasteiger partial charge on any atom is -0.386 e. The number of aromatic nitrogens is 8. The number of hydrogen-bond donors (Lipinski definition) is 5. The number of hydrogen-bond acceptors (Lipinski definition) is 13. The van der Waals surface area contributed by atoms with Gasteiger partial charge in [-0.2, -0.15) is 10.2 Å². The summed E-state index contributed by atoms with van der Waals surface area (Å²) in [6.07, 6.45) is 11.4. The first-order chi connectivity index (χ1) is 30.7. The molecule has 15 heteroatoms. The Bertz CT molecular complexity index is 2560. The van der Waals surface area contributed by atoms with Crippen LogP contribution in [-0.2, 0) is 0 Å². The van der Waals surface area contributed by atoms with E-state index in [9.17, 15) is 5.11 Å². The minimum absolute atomic E-state index is 0.186. The zero-order chi connectivity index (χ0) is 42.9. The SMILES string of the molecule is Cc1cc(Nc2cc(N3CCN(C4CCN(C)CC4)CC3)nc(/C=C/c3ccc(C4CC4C4(O)CN(c5cc(Nc6cc(C)[nH]n6)nc(/C=C/c6ccccc6)n5)C4)cc3)n2)n[nH]1. The van der Waals surface area contributed by atoms with Gasteiger partial charge in [0.2, 0.25) is 0 Å². The number of piperidine rings is 1. The maximum Gasteiger partial charge on any atom is 0.156 e. The van der Waals surface area contributed by atoms with Crippen molar-refractivity contribution < 1.29 is 5.11 Å². The molecule has 0 spiro atoms. The van der Waals surface area contributed by atoms with E-state index in [1.165, 1.54) is 31.5 Å². The number of nitrogens with one attached hydrogen (secondary N) is 4. The number of likely N-dealkylation sites (tertiary alicyclic amines) is 1. The van der Waals surface area contributed by atoms with Crippen molar-refractivity contribution in [1.29, 1.82) is 0 Å². The summed E-state index contributed by atoms with van der Waals surface area (Å²) in [6, 6.07) is 27.3. The van der Waals surface area contributed by atoms with Crippen LogP contribution in [-0.4, -0.2) is 126 Å². The molecule has 2 atom stereocenters. The second kappa shape index (κ2) is 17.4. The van der Waals surface area contributed by atoms with Gasteiger partial charge in [-0.3, -0.25) is 15.1 Å². The molecule has 3 aliphatic heterocycles. The lowest BCUT2D eigenvalue weighted by atomic mass is 9.86. The zero-order valence-corrected chi connectivity index (χ0v) is 36.2. The number of rotatable bonds is 13. The molecule has 4 aliphatic rings. The van der Waals surface area contributed by atoms with Gasteiger partial charge in [-0.05, 0) is 93.9 Å². The summed E-state index contributed by atoms with van der Waals surface area (Å²) in [5, 5.41) is 33.3. The summed E-state index contributed by atoms with van der Waals surface area (Å²) < 4.78 is 0. The van der Waals surface area contributed by atoms with Gasteiger partial charge < -0.3 is 30.4 Å². The lowest BCUT2D eigenvalue weighted by molar-refractivity contribution is -0.0116. The number of aliphatic hydroxyl groups is 1. The normalized spacial score (nSPS) is 20.7. The molecule has 0 amide bonds. The van der Waals surface area contributed by atoms with Crippen LogP contribution >= 0.6 is 0 Å². The van der Waals surface area contributed by atoms with Gasteiger partial charge in [0.05, 0.1) is 13.1 Å². The summed E-state index contributed by atoms with van der Waals surface area (Å²) in [7, 11) is 2.22. The number of aryl methyl sites for hydroxylation is 2. The van der Waals surface area contributed by atoms with Crippen LogP contribution in [0.25, 0.3) is 24.3 Å². The van der Waals surface area contributed by atoms with Crippen molar-refractivity contribution in [2.45, 2.75) is 50.7 Å². The summed E-state index contributed by atoms with van der Waals surface area (Å²) >= 11 is 0. The van der Waals surface area contributed by atoms with Crippen molar-refractivity contribution in [1.82, 2.24) is 50.1 Å². The Labute approximate surface area is 368 Å². The van der Waals surface area contributed by atoms with E-state index < -0.39 is 5.60 Å². The monoisotopic (exact) mass is 844 g/mol. The van der Waals surface area contributed by atoms with Gasteiger partial charge in [0.25, 0.3) is 0 Å². The highest BCUT2D eigenvalue weighted by Crippen LogP contribution is 2.56. The summed E-state index contributed by atoms with van der Waals surface area (Å²) in [5.41, 5.74) is 4.53. The van der Waals surface area contributed by atoms with E-state index in [2.05, 4.69) is 88.0 Å². The zero-order valence-electron chi connectivity index (χ0n) is 36.2. The lowest BCUT2D eigenvalue weighted by Gasteiger charge is -2.48. The van der Waals surface area contributed by atoms with E-state index in [0.29, 0.717) is 54.2 Å². The molecule has 4 aromatic heterocycles. The number of H-pyrrole nitrogens is 2. The van der Waals surface area contributed by atoms with Crippen LogP contribution in [0, 0.1) is 19.8 Å². The molecule has 0 radical (unpaired) electrons. The predicted molar refractivity (Wildman–Crippen MR) is 250 cm³/mol. The van der Waals surface area contributed by atoms with Crippen LogP contribution in [0.15, 0.2) is 78.9 Å². The number of nitrogens with zero attached hydrogens (tertiary/aromatic N) is 10. The van der Waals surface area contributed by atoms with E-state index in [0.717, 1.165) is 72.6 Å². The van der Waals surface area contributed by atoms with Gasteiger partial charge in [0.15, 0.2) is 23.3 Å². The highest BCUT2D eigenvalue weighted by molar-refractivity contribution is 5.71. The first-order valence-corrected chi connectivity index (χ1v) is 22.2. The molecule has 2 aromatic carbocycles. The number of piperazine rings is 1. The van der Waals surface area contributed by atoms with Crippen molar-refractivity contribution in [3.8, 4) is 0 Å². The Hall–Kier alpha value is -6.42. The van der Waals surface area contributed by atoms with E-state index in [-0.39, 0.29) is 5.92 Å². The molecule has 15 nitrogen and oxygen atoms in total. The molecule has 2 unspecified atom stereocenters. The first-order valence-electron chi connectivity index (χ1n) is 22.2. The van der Waals surface area contributed by atoms with Crippen LogP contribution in [0.4, 0.5) is 34.9 Å². The summed E-state index contributed by atoms with van der Waals surface area (Å²) in [5.74, 6) is 6.18. The van der Waals surface area contributed by atoms with E-state index >= 15 is 0 Å². The molecule has 10 rings (SSSR count). The fourth-order valence-corrected chi connectivity index (χ4v) is 9.34. The number of benzene rings is 2. The predicted octanol–water partition coefficient (Wildman–Crippen LogP) is 6.73. The summed E-state index contributed by atoms with van der Waals surface area (Å²) in [6.45, 7) is 11.3. The van der Waals surface area contributed by atoms with Gasteiger partial charge in [-0.1, -0.05) is 66.7 Å². The van der Waals surface area contributed by atoms with Gasteiger partial charge in [0, 0.05) is 67.9 Å². The fraction of sp³-hybridized carbons (Fsp3) is 0.375. The summed E-state index contributed by atoms with van der Waals surface area (Å²) in [4.78, 5) is 29.2. The lowest BCUT2D eigenvalue weighted by Crippen LogP contribution is -2.63. The van der Waals surface area contributed by atoms with E-state index in [1.807, 2.05) is 86.7 Å². The number of anilines is 6. The molecular formula is C48H56N14O. The largest absolute Gasteiger partial charge is 0.386 e. The van der Waals surface area contributed by atoms with Crippen LogP contribution in [0.1, 0.15) is 64.9 Å². The Balaban J connectivity index is 0.789. The highest BCUT2D eigenvalue weighted by atomic mass is 16.3. The van der Waals surface area contributed by atoms with E-state index in [1.54, 1.807) is 0 Å². The molecule has 6 aromatic rings. The Morgan fingerprint density at radius 2 is 1.19 bits per heavy atom. The molecule has 1 aliphatic carbocycles. The van der Waals surface area contributed by atoms with E-state index in [4.69, 9.17) is 19.9 Å². The van der Waals surface area contributed by atoms with Crippen LogP contribution < -0.4 is 20.4 Å². The molecule has 5 N–H and O–H groups in total. The molecule has 1 saturated carbocycles. The second-order valence-corrected chi connectivity index (χ2v) is 17.8. The van der Waals surface area contributed by atoms with Crippen molar-refractivity contribution in [2.24, 2.45) is 5.92 Å². The van der Waals surface area contributed by atoms with Crippen molar-refractivity contribution in [3.63, 3.8) is 0 Å². The third-order valence-electron chi connectivity index (χ3n) is 13.0. The van der Waals surface area contributed by atoms with Gasteiger partial charge in [-0.25, -0.2) is 19.9 Å². The van der Waals surface area contributed by atoms with Crippen LogP contribution in [0.2, 0.25) is 0 Å². The Morgan fingerprint density at radius 3 is 1.75 bits per heavy atom. The van der Waals surface area contributed by atoms with Gasteiger partial charge in [0.1, 0.15) is 28.9 Å². The molecule has 4 fully saturated rings. The molecule has 324 valence electrons.